The van der Waals surface area contributed by atoms with E-state index in [4.69, 9.17) is 16.3 Å². The Morgan fingerprint density at radius 2 is 2.16 bits per heavy atom. The zero-order valence-corrected chi connectivity index (χ0v) is 11.9. The van der Waals surface area contributed by atoms with E-state index in [9.17, 15) is 5.11 Å². The van der Waals surface area contributed by atoms with Crippen LogP contribution >= 0.6 is 11.6 Å². The molecule has 0 atom stereocenters. The minimum Gasteiger partial charge on any atom is -0.396 e. The second-order valence-electron chi connectivity index (χ2n) is 5.14. The number of aromatic nitrogens is 2. The summed E-state index contributed by atoms with van der Waals surface area (Å²) in [5.74, 6) is 1.24. The van der Waals surface area contributed by atoms with Gasteiger partial charge in [-0.15, -0.1) is 0 Å². The average Bonchev–Trinajstić information content (AvgIpc) is 2.86. The normalized spacial score (nSPS) is 17.6. The van der Waals surface area contributed by atoms with Gasteiger partial charge in [-0.05, 0) is 12.8 Å². The van der Waals surface area contributed by atoms with Crippen molar-refractivity contribution in [3.8, 4) is 0 Å². The third-order valence-electron chi connectivity index (χ3n) is 3.66. The molecule has 19 heavy (non-hydrogen) atoms. The molecule has 1 heterocycles. The van der Waals surface area contributed by atoms with Crippen molar-refractivity contribution in [1.82, 2.24) is 9.97 Å². The molecule has 0 aliphatic heterocycles. The summed E-state index contributed by atoms with van der Waals surface area (Å²) in [6, 6.07) is 1.70. The summed E-state index contributed by atoms with van der Waals surface area (Å²) in [7, 11) is 1.59. The number of anilines is 1. The largest absolute Gasteiger partial charge is 0.396 e. The molecule has 1 aromatic heterocycles. The van der Waals surface area contributed by atoms with Crippen molar-refractivity contribution in [3.05, 3.63) is 17.0 Å². The average molecular weight is 286 g/mol. The van der Waals surface area contributed by atoms with Crippen LogP contribution in [0.1, 0.15) is 31.5 Å². The maximum atomic E-state index is 9.57. The fourth-order valence-electron chi connectivity index (χ4n) is 2.54. The first-order chi connectivity index (χ1) is 9.17. The number of halogens is 1. The molecule has 0 radical (unpaired) electrons. The van der Waals surface area contributed by atoms with Gasteiger partial charge in [0.15, 0.2) is 5.82 Å². The summed E-state index contributed by atoms with van der Waals surface area (Å²) in [5.41, 5.74) is -0.0150. The highest BCUT2D eigenvalue weighted by Crippen LogP contribution is 2.37. The predicted octanol–water partition coefficient (Wildman–Crippen LogP) is 2.24. The van der Waals surface area contributed by atoms with E-state index in [1.54, 1.807) is 13.2 Å². The van der Waals surface area contributed by atoms with Crippen LogP contribution in [0.2, 0.25) is 5.15 Å². The lowest BCUT2D eigenvalue weighted by Gasteiger charge is -2.26. The molecule has 0 saturated heterocycles. The Hall–Kier alpha value is -0.910. The fraction of sp³-hybridized carbons (Fsp3) is 0.692. The second-order valence-corrected chi connectivity index (χ2v) is 5.53. The van der Waals surface area contributed by atoms with Gasteiger partial charge in [0, 0.05) is 25.1 Å². The first-order valence-corrected chi connectivity index (χ1v) is 6.92. The number of rotatable bonds is 6. The lowest BCUT2D eigenvalue weighted by atomic mass is 9.87. The molecule has 2 N–H and O–H groups in total. The lowest BCUT2D eigenvalue weighted by molar-refractivity contribution is 0.142. The Labute approximate surface area is 118 Å². The van der Waals surface area contributed by atoms with E-state index in [2.05, 4.69) is 15.3 Å². The summed E-state index contributed by atoms with van der Waals surface area (Å²) < 4.78 is 5.01. The van der Waals surface area contributed by atoms with E-state index in [-0.39, 0.29) is 12.0 Å². The summed E-state index contributed by atoms with van der Waals surface area (Å²) >= 11 is 5.95. The molecule has 0 unspecified atom stereocenters. The van der Waals surface area contributed by atoms with E-state index in [1.807, 2.05) is 0 Å². The Balaban J connectivity index is 2.02. The zero-order valence-electron chi connectivity index (χ0n) is 11.2. The van der Waals surface area contributed by atoms with E-state index in [0.29, 0.717) is 29.9 Å². The van der Waals surface area contributed by atoms with Crippen LogP contribution < -0.4 is 5.32 Å². The van der Waals surface area contributed by atoms with Crippen LogP contribution in [0.25, 0.3) is 0 Å². The summed E-state index contributed by atoms with van der Waals surface area (Å²) in [5, 5.41) is 13.2. The van der Waals surface area contributed by atoms with Crippen LogP contribution in [0.3, 0.4) is 0 Å². The van der Waals surface area contributed by atoms with Crippen molar-refractivity contribution in [2.75, 3.05) is 25.6 Å². The topological polar surface area (TPSA) is 67.3 Å². The molecular weight excluding hydrogens is 266 g/mol. The van der Waals surface area contributed by atoms with Gasteiger partial charge in [0.1, 0.15) is 17.6 Å². The van der Waals surface area contributed by atoms with E-state index in [0.717, 1.165) is 12.8 Å². The van der Waals surface area contributed by atoms with Gasteiger partial charge in [0.2, 0.25) is 0 Å². The maximum absolute atomic E-state index is 9.57. The van der Waals surface area contributed by atoms with Gasteiger partial charge in [-0.1, -0.05) is 24.4 Å². The number of ether oxygens (including phenoxy) is 1. The molecule has 2 rings (SSSR count). The van der Waals surface area contributed by atoms with Gasteiger partial charge in [-0.2, -0.15) is 0 Å². The Kier molecular flexibility index (Phi) is 4.96. The number of hydrogen-bond donors (Lipinski definition) is 2. The molecule has 0 spiro atoms. The number of methoxy groups -OCH3 is 1. The molecule has 1 saturated carbocycles. The van der Waals surface area contributed by atoms with Crippen molar-refractivity contribution < 1.29 is 9.84 Å². The summed E-state index contributed by atoms with van der Waals surface area (Å²) in [6.45, 7) is 1.26. The van der Waals surface area contributed by atoms with Gasteiger partial charge in [0.05, 0.1) is 6.61 Å². The smallest absolute Gasteiger partial charge is 0.158 e. The first-order valence-electron chi connectivity index (χ1n) is 6.55. The van der Waals surface area contributed by atoms with Crippen molar-refractivity contribution in [2.45, 2.75) is 32.3 Å². The minimum absolute atomic E-state index is 0.0150. The molecule has 6 heteroatoms. The number of aliphatic hydroxyl groups excluding tert-OH is 1. The number of nitrogens with zero attached hydrogens (tertiary/aromatic N) is 2. The van der Waals surface area contributed by atoms with Crippen molar-refractivity contribution in [3.63, 3.8) is 0 Å². The van der Waals surface area contributed by atoms with Crippen molar-refractivity contribution >= 4 is 17.4 Å². The molecule has 1 fully saturated rings. The summed E-state index contributed by atoms with van der Waals surface area (Å²) in [6.07, 6.45) is 4.48. The van der Waals surface area contributed by atoms with E-state index >= 15 is 0 Å². The first kappa shape index (κ1) is 14.5. The monoisotopic (exact) mass is 285 g/mol. The number of nitrogens with one attached hydrogen (secondary N) is 1. The fourth-order valence-corrected chi connectivity index (χ4v) is 2.74. The SMILES string of the molecule is COCc1nc(Cl)cc(NCC2(CO)CCCC2)n1. The van der Waals surface area contributed by atoms with Crippen molar-refractivity contribution in [2.24, 2.45) is 5.41 Å². The third kappa shape index (κ3) is 3.78. The highest BCUT2D eigenvalue weighted by Gasteiger charge is 2.33. The molecule has 1 aromatic rings. The minimum atomic E-state index is -0.0150. The van der Waals surface area contributed by atoms with E-state index < -0.39 is 0 Å². The van der Waals surface area contributed by atoms with Gasteiger partial charge in [-0.3, -0.25) is 0 Å². The highest BCUT2D eigenvalue weighted by molar-refractivity contribution is 6.29. The maximum Gasteiger partial charge on any atom is 0.158 e. The Bertz CT molecular complexity index is 422. The standard InChI is InChI=1S/C13H20ClN3O2/c1-19-7-12-16-10(14)6-11(17-12)15-8-13(9-18)4-2-3-5-13/h6,18H,2-5,7-9H2,1H3,(H,15,16,17). The quantitative estimate of drug-likeness (QED) is 0.785. The van der Waals surface area contributed by atoms with E-state index in [1.165, 1.54) is 12.8 Å². The Morgan fingerprint density at radius 3 is 2.79 bits per heavy atom. The third-order valence-corrected chi connectivity index (χ3v) is 3.85. The molecular formula is C13H20ClN3O2. The lowest BCUT2D eigenvalue weighted by Crippen LogP contribution is -2.30. The van der Waals surface area contributed by atoms with Gasteiger partial charge in [-0.25, -0.2) is 9.97 Å². The predicted molar refractivity (Wildman–Crippen MR) is 74.2 cm³/mol. The van der Waals surface area contributed by atoms with Gasteiger partial charge in [0.25, 0.3) is 0 Å². The number of hydrogen-bond acceptors (Lipinski definition) is 5. The second kappa shape index (κ2) is 6.50. The van der Waals surface area contributed by atoms with Gasteiger partial charge < -0.3 is 15.2 Å². The highest BCUT2D eigenvalue weighted by atomic mass is 35.5. The van der Waals surface area contributed by atoms with Gasteiger partial charge >= 0.3 is 0 Å². The van der Waals surface area contributed by atoms with Crippen molar-refractivity contribution in [1.29, 1.82) is 0 Å². The van der Waals surface area contributed by atoms with Crippen LogP contribution in [-0.2, 0) is 11.3 Å². The number of aliphatic hydroxyl groups is 1. The van der Waals surface area contributed by atoms with Crippen LogP contribution in [0.15, 0.2) is 6.07 Å². The van der Waals surface area contributed by atoms with Crippen LogP contribution in [0.5, 0.6) is 0 Å². The van der Waals surface area contributed by atoms with Crippen LogP contribution in [0, 0.1) is 5.41 Å². The van der Waals surface area contributed by atoms with Crippen LogP contribution in [-0.4, -0.2) is 35.3 Å². The molecule has 0 aromatic carbocycles. The molecule has 1 aliphatic carbocycles. The van der Waals surface area contributed by atoms with Crippen LogP contribution in [0.4, 0.5) is 5.82 Å². The molecule has 0 amide bonds. The summed E-state index contributed by atoms with van der Waals surface area (Å²) in [4.78, 5) is 8.42. The molecule has 106 valence electrons. The molecule has 1 aliphatic rings. The zero-order chi connectivity index (χ0) is 13.7. The molecule has 0 bridgehead atoms. The Morgan fingerprint density at radius 1 is 1.42 bits per heavy atom. The molecule has 5 nitrogen and oxygen atoms in total.